The predicted molar refractivity (Wildman–Crippen MR) is 66.7 cm³/mol. The van der Waals surface area contributed by atoms with Crippen LogP contribution in [0.4, 0.5) is 0 Å². The molecule has 0 aromatic rings. The number of methoxy groups -OCH3 is 1. The van der Waals surface area contributed by atoms with Gasteiger partial charge in [-0.1, -0.05) is 12.8 Å². The summed E-state index contributed by atoms with van der Waals surface area (Å²) in [6, 6.07) is 0. The Hall–Kier alpha value is -0.610. The molecule has 0 bridgehead atoms. The fraction of sp³-hybridized carbons (Fsp3) is 0.923. The Morgan fingerprint density at radius 1 is 1.35 bits per heavy atom. The molecular weight excluding hydrogens is 218 g/mol. The van der Waals surface area contributed by atoms with Crippen molar-refractivity contribution < 1.29 is 14.6 Å². The lowest BCUT2D eigenvalue weighted by Gasteiger charge is -2.30. The summed E-state index contributed by atoms with van der Waals surface area (Å²) in [7, 11) is 1.42. The van der Waals surface area contributed by atoms with Gasteiger partial charge in [0.15, 0.2) is 0 Å². The lowest BCUT2D eigenvalue weighted by molar-refractivity contribution is -0.140. The van der Waals surface area contributed by atoms with E-state index in [2.05, 4.69) is 10.1 Å². The van der Waals surface area contributed by atoms with E-state index in [9.17, 15) is 9.90 Å². The van der Waals surface area contributed by atoms with Crippen LogP contribution in [0.3, 0.4) is 0 Å². The summed E-state index contributed by atoms with van der Waals surface area (Å²) in [5.41, 5.74) is 0. The van der Waals surface area contributed by atoms with Crippen molar-refractivity contribution in [3.63, 3.8) is 0 Å². The molecule has 1 aliphatic rings. The first-order valence-electron chi connectivity index (χ1n) is 6.66. The van der Waals surface area contributed by atoms with Gasteiger partial charge >= 0.3 is 5.97 Å². The van der Waals surface area contributed by atoms with Gasteiger partial charge in [-0.25, -0.2) is 0 Å². The van der Waals surface area contributed by atoms with Gasteiger partial charge in [-0.05, 0) is 44.2 Å². The van der Waals surface area contributed by atoms with Crippen LogP contribution in [0.2, 0.25) is 0 Å². The first-order chi connectivity index (χ1) is 8.27. The maximum atomic E-state index is 10.9. The van der Waals surface area contributed by atoms with Crippen LogP contribution in [-0.4, -0.2) is 37.9 Å². The van der Waals surface area contributed by atoms with Gasteiger partial charge in [0, 0.05) is 13.0 Å². The van der Waals surface area contributed by atoms with Gasteiger partial charge in [0.2, 0.25) is 0 Å². The van der Waals surface area contributed by atoms with Gasteiger partial charge in [0.05, 0.1) is 7.11 Å². The smallest absolute Gasteiger partial charge is 0.305 e. The molecule has 0 aromatic heterocycles. The van der Waals surface area contributed by atoms with Crippen molar-refractivity contribution in [2.75, 3.05) is 26.8 Å². The zero-order chi connectivity index (χ0) is 12.5. The van der Waals surface area contributed by atoms with Gasteiger partial charge in [-0.3, -0.25) is 4.79 Å². The molecule has 4 nitrogen and oxygen atoms in total. The topological polar surface area (TPSA) is 58.6 Å². The zero-order valence-electron chi connectivity index (χ0n) is 10.8. The minimum absolute atomic E-state index is 0.141. The minimum atomic E-state index is -0.141. The van der Waals surface area contributed by atoms with Gasteiger partial charge < -0.3 is 15.2 Å². The Kier molecular flexibility index (Phi) is 7.21. The van der Waals surface area contributed by atoms with E-state index in [1.807, 2.05) is 0 Å². The van der Waals surface area contributed by atoms with Crippen molar-refractivity contribution >= 4 is 5.97 Å². The lowest BCUT2D eigenvalue weighted by Crippen LogP contribution is -2.32. The molecular formula is C13H25NO3. The van der Waals surface area contributed by atoms with Crippen molar-refractivity contribution in [3.8, 4) is 0 Å². The number of carbonyl (C=O) groups is 1. The third-order valence-corrected chi connectivity index (χ3v) is 3.67. The molecule has 0 amide bonds. The third kappa shape index (κ3) is 5.50. The Labute approximate surface area is 104 Å². The first-order valence-corrected chi connectivity index (χ1v) is 6.66. The molecule has 0 aliphatic heterocycles. The lowest BCUT2D eigenvalue weighted by atomic mass is 9.79. The summed E-state index contributed by atoms with van der Waals surface area (Å²) in [6.45, 7) is 2.13. The minimum Gasteiger partial charge on any atom is -0.469 e. The molecule has 1 rings (SSSR count). The van der Waals surface area contributed by atoms with Crippen LogP contribution in [0.15, 0.2) is 0 Å². The predicted octanol–water partition coefficient (Wildman–Crippen LogP) is 1.33. The number of ether oxygens (including phenoxy) is 1. The fourth-order valence-electron chi connectivity index (χ4n) is 2.54. The quantitative estimate of drug-likeness (QED) is 0.523. The molecule has 1 aliphatic carbocycles. The molecule has 2 N–H and O–H groups in total. The van der Waals surface area contributed by atoms with Gasteiger partial charge in [0.1, 0.15) is 0 Å². The van der Waals surface area contributed by atoms with E-state index in [0.29, 0.717) is 24.9 Å². The molecule has 2 atom stereocenters. The highest BCUT2D eigenvalue weighted by atomic mass is 16.5. The van der Waals surface area contributed by atoms with Crippen molar-refractivity contribution in [1.82, 2.24) is 5.32 Å². The van der Waals surface area contributed by atoms with Crippen molar-refractivity contribution in [1.29, 1.82) is 0 Å². The van der Waals surface area contributed by atoms with E-state index in [4.69, 9.17) is 0 Å². The molecule has 0 spiro atoms. The number of esters is 1. The average Bonchev–Trinajstić information content (AvgIpc) is 2.38. The standard InChI is InChI=1S/C13H25NO3/c1-17-13(16)7-4-8-14-9-11-5-2-3-6-12(11)10-15/h11-12,14-15H,2-10H2,1H3. The second kappa shape index (κ2) is 8.48. The fourth-order valence-corrected chi connectivity index (χ4v) is 2.54. The zero-order valence-corrected chi connectivity index (χ0v) is 10.8. The van der Waals surface area contributed by atoms with Crippen molar-refractivity contribution in [2.45, 2.75) is 38.5 Å². The molecule has 1 fully saturated rings. The van der Waals surface area contributed by atoms with Gasteiger partial charge in [0.25, 0.3) is 0 Å². The number of carbonyl (C=O) groups excluding carboxylic acids is 1. The average molecular weight is 243 g/mol. The molecule has 17 heavy (non-hydrogen) atoms. The highest BCUT2D eigenvalue weighted by Crippen LogP contribution is 2.28. The number of rotatable bonds is 7. The number of aliphatic hydroxyl groups excluding tert-OH is 1. The second-order valence-corrected chi connectivity index (χ2v) is 4.87. The number of hydrogen-bond acceptors (Lipinski definition) is 4. The Morgan fingerprint density at radius 2 is 2.06 bits per heavy atom. The highest BCUT2D eigenvalue weighted by molar-refractivity contribution is 5.69. The Bertz CT molecular complexity index is 221. The van der Waals surface area contributed by atoms with Crippen molar-refractivity contribution in [3.05, 3.63) is 0 Å². The monoisotopic (exact) mass is 243 g/mol. The normalized spacial score (nSPS) is 24.6. The van der Waals surface area contributed by atoms with Gasteiger partial charge in [-0.15, -0.1) is 0 Å². The van der Waals surface area contributed by atoms with Crippen LogP contribution >= 0.6 is 0 Å². The maximum Gasteiger partial charge on any atom is 0.305 e. The summed E-state index contributed by atoms with van der Waals surface area (Å²) in [4.78, 5) is 10.9. The summed E-state index contributed by atoms with van der Waals surface area (Å²) < 4.78 is 4.58. The number of aliphatic hydroxyl groups is 1. The largest absolute Gasteiger partial charge is 0.469 e. The first kappa shape index (κ1) is 14.5. The summed E-state index contributed by atoms with van der Waals surface area (Å²) in [6.07, 6.45) is 6.22. The van der Waals surface area contributed by atoms with E-state index in [1.54, 1.807) is 0 Å². The third-order valence-electron chi connectivity index (χ3n) is 3.67. The van der Waals surface area contributed by atoms with Gasteiger partial charge in [-0.2, -0.15) is 0 Å². The van der Waals surface area contributed by atoms with Crippen LogP contribution in [0, 0.1) is 11.8 Å². The summed E-state index contributed by atoms with van der Waals surface area (Å²) in [5.74, 6) is 0.932. The van der Waals surface area contributed by atoms with E-state index >= 15 is 0 Å². The maximum absolute atomic E-state index is 10.9. The number of hydrogen-bond donors (Lipinski definition) is 2. The van der Waals surface area contributed by atoms with Crippen LogP contribution < -0.4 is 5.32 Å². The van der Waals surface area contributed by atoms with E-state index in [-0.39, 0.29) is 5.97 Å². The summed E-state index contributed by atoms with van der Waals surface area (Å²) in [5, 5.41) is 12.7. The molecule has 0 saturated heterocycles. The summed E-state index contributed by atoms with van der Waals surface area (Å²) >= 11 is 0. The molecule has 0 aromatic carbocycles. The molecule has 100 valence electrons. The van der Waals surface area contributed by atoms with Crippen LogP contribution in [0.1, 0.15) is 38.5 Å². The SMILES string of the molecule is COC(=O)CCCNCC1CCCCC1CO. The number of nitrogens with one attached hydrogen (secondary N) is 1. The van der Waals surface area contributed by atoms with Crippen molar-refractivity contribution in [2.24, 2.45) is 11.8 Å². The van der Waals surface area contributed by atoms with E-state index in [1.165, 1.54) is 26.4 Å². The van der Waals surface area contributed by atoms with Crippen LogP contribution in [-0.2, 0) is 9.53 Å². The molecule has 1 saturated carbocycles. The second-order valence-electron chi connectivity index (χ2n) is 4.87. The van der Waals surface area contributed by atoms with Crippen LogP contribution in [0.25, 0.3) is 0 Å². The molecule has 4 heteroatoms. The van der Waals surface area contributed by atoms with E-state index < -0.39 is 0 Å². The molecule has 0 heterocycles. The Morgan fingerprint density at radius 3 is 2.71 bits per heavy atom. The molecule has 2 unspecified atom stereocenters. The van der Waals surface area contributed by atoms with Crippen LogP contribution in [0.5, 0.6) is 0 Å². The molecule has 0 radical (unpaired) electrons. The highest BCUT2D eigenvalue weighted by Gasteiger charge is 2.23. The van der Waals surface area contributed by atoms with E-state index in [0.717, 1.165) is 25.9 Å². The Balaban J connectivity index is 2.06.